The van der Waals surface area contributed by atoms with Crippen molar-refractivity contribution in [2.24, 2.45) is 0 Å². The summed E-state index contributed by atoms with van der Waals surface area (Å²) in [7, 11) is 0. The fourth-order valence-electron chi connectivity index (χ4n) is 2.30. The van der Waals surface area contributed by atoms with Gasteiger partial charge in [0.1, 0.15) is 5.82 Å². The molecule has 78 valence electrons. The minimum absolute atomic E-state index is 0.179. The van der Waals surface area contributed by atoms with Crippen molar-refractivity contribution < 1.29 is 5.11 Å². The molecule has 0 aromatic carbocycles. The van der Waals surface area contributed by atoms with Crippen LogP contribution >= 0.6 is 0 Å². The maximum Gasteiger partial charge on any atom is 0.111 e. The van der Waals surface area contributed by atoms with Gasteiger partial charge in [-0.3, -0.25) is 0 Å². The molecule has 1 heterocycles. The molecule has 0 radical (unpaired) electrons. The maximum atomic E-state index is 9.82. The third-order valence-corrected chi connectivity index (χ3v) is 3.02. The fraction of sp³-hybridized carbons (Fsp3) is 0.727. The van der Waals surface area contributed by atoms with E-state index < -0.39 is 0 Å². The second-order valence-electron chi connectivity index (χ2n) is 4.41. The molecule has 1 N–H and O–H groups in total. The normalized spacial score (nSPS) is 27.4. The van der Waals surface area contributed by atoms with Crippen LogP contribution in [0.1, 0.15) is 50.9 Å². The predicted molar refractivity (Wildman–Crippen MR) is 55.2 cm³/mol. The summed E-state index contributed by atoms with van der Waals surface area (Å²) in [6.07, 6.45) is 6.79. The van der Waals surface area contributed by atoms with E-state index in [4.69, 9.17) is 0 Å². The van der Waals surface area contributed by atoms with Crippen molar-refractivity contribution in [3.8, 4) is 0 Å². The molecule has 0 bridgehead atoms. The first kappa shape index (κ1) is 9.71. The molecule has 14 heavy (non-hydrogen) atoms. The average molecular weight is 194 g/mol. The van der Waals surface area contributed by atoms with E-state index in [9.17, 15) is 5.11 Å². The van der Waals surface area contributed by atoms with Gasteiger partial charge in [-0.15, -0.1) is 0 Å². The highest BCUT2D eigenvalue weighted by Gasteiger charge is 2.28. The van der Waals surface area contributed by atoms with Crippen molar-refractivity contribution in [2.75, 3.05) is 0 Å². The molecular weight excluding hydrogens is 176 g/mol. The van der Waals surface area contributed by atoms with Gasteiger partial charge in [0.2, 0.25) is 0 Å². The summed E-state index contributed by atoms with van der Waals surface area (Å²) in [5, 5.41) is 9.82. The SMILES string of the molecule is CC(C)c1nccn1C1CCC[C@H]1O. The molecule has 1 saturated carbocycles. The van der Waals surface area contributed by atoms with E-state index in [1.807, 2.05) is 12.4 Å². The quantitative estimate of drug-likeness (QED) is 0.782. The summed E-state index contributed by atoms with van der Waals surface area (Å²) in [4.78, 5) is 4.35. The Balaban J connectivity index is 2.26. The lowest BCUT2D eigenvalue weighted by Gasteiger charge is -2.20. The molecule has 1 aliphatic rings. The summed E-state index contributed by atoms with van der Waals surface area (Å²) < 4.78 is 2.16. The number of rotatable bonds is 2. The van der Waals surface area contributed by atoms with E-state index >= 15 is 0 Å². The zero-order valence-electron chi connectivity index (χ0n) is 8.85. The smallest absolute Gasteiger partial charge is 0.111 e. The molecule has 1 aliphatic carbocycles. The molecule has 3 heteroatoms. The third kappa shape index (κ3) is 1.57. The highest BCUT2D eigenvalue weighted by atomic mass is 16.3. The van der Waals surface area contributed by atoms with Crippen LogP contribution in [0.5, 0.6) is 0 Å². The summed E-state index contributed by atoms with van der Waals surface area (Å²) in [5.41, 5.74) is 0. The lowest BCUT2D eigenvalue weighted by molar-refractivity contribution is 0.134. The molecular formula is C11H18N2O. The van der Waals surface area contributed by atoms with Crippen molar-refractivity contribution in [3.63, 3.8) is 0 Å². The first-order valence-corrected chi connectivity index (χ1v) is 5.41. The Morgan fingerprint density at radius 2 is 2.29 bits per heavy atom. The van der Waals surface area contributed by atoms with Crippen LogP contribution in [-0.4, -0.2) is 20.8 Å². The molecule has 1 aromatic rings. The van der Waals surface area contributed by atoms with Crippen LogP contribution in [0.4, 0.5) is 0 Å². The van der Waals surface area contributed by atoms with Gasteiger partial charge in [0.25, 0.3) is 0 Å². The van der Waals surface area contributed by atoms with Gasteiger partial charge >= 0.3 is 0 Å². The van der Waals surface area contributed by atoms with Gasteiger partial charge in [0.05, 0.1) is 12.1 Å². The van der Waals surface area contributed by atoms with Crippen LogP contribution in [0.25, 0.3) is 0 Å². The molecule has 3 nitrogen and oxygen atoms in total. The van der Waals surface area contributed by atoms with E-state index in [1.54, 1.807) is 0 Å². The van der Waals surface area contributed by atoms with Crippen LogP contribution in [0.2, 0.25) is 0 Å². The van der Waals surface area contributed by atoms with Crippen LogP contribution in [-0.2, 0) is 0 Å². The molecule has 2 rings (SSSR count). The number of hydrogen-bond donors (Lipinski definition) is 1. The Labute approximate surface area is 84.8 Å². The third-order valence-electron chi connectivity index (χ3n) is 3.02. The minimum Gasteiger partial charge on any atom is -0.391 e. The van der Waals surface area contributed by atoms with E-state index in [2.05, 4.69) is 23.4 Å². The molecule has 0 aliphatic heterocycles. The lowest BCUT2D eigenvalue weighted by atomic mass is 10.1. The second-order valence-corrected chi connectivity index (χ2v) is 4.41. The first-order chi connectivity index (χ1) is 6.70. The number of aromatic nitrogens is 2. The van der Waals surface area contributed by atoms with E-state index in [0.29, 0.717) is 5.92 Å². The van der Waals surface area contributed by atoms with Crippen molar-refractivity contribution in [1.29, 1.82) is 0 Å². The monoisotopic (exact) mass is 194 g/mol. The standard InChI is InChI=1S/C11H18N2O/c1-8(2)11-12-6-7-13(11)9-4-3-5-10(9)14/h6-10,14H,3-5H2,1-2H3/t9?,10-/m1/s1. The largest absolute Gasteiger partial charge is 0.391 e. The van der Waals surface area contributed by atoms with Crippen LogP contribution in [0.15, 0.2) is 12.4 Å². The maximum absolute atomic E-state index is 9.82. The molecule has 0 saturated heterocycles. The van der Waals surface area contributed by atoms with Crippen LogP contribution < -0.4 is 0 Å². The summed E-state index contributed by atoms with van der Waals surface area (Å²) in [6, 6.07) is 0.259. The van der Waals surface area contributed by atoms with E-state index in [0.717, 1.165) is 25.1 Å². The Morgan fingerprint density at radius 3 is 2.86 bits per heavy atom. The zero-order valence-corrected chi connectivity index (χ0v) is 8.85. The van der Waals surface area contributed by atoms with Gasteiger partial charge in [-0.1, -0.05) is 13.8 Å². The summed E-state index contributed by atoms with van der Waals surface area (Å²) >= 11 is 0. The number of imidazole rings is 1. The molecule has 0 spiro atoms. The Kier molecular flexibility index (Phi) is 2.59. The van der Waals surface area contributed by atoms with Crippen molar-refractivity contribution in [1.82, 2.24) is 9.55 Å². The van der Waals surface area contributed by atoms with E-state index in [1.165, 1.54) is 0 Å². The molecule has 1 fully saturated rings. The first-order valence-electron chi connectivity index (χ1n) is 5.41. The second kappa shape index (κ2) is 3.73. The molecule has 1 aromatic heterocycles. The topological polar surface area (TPSA) is 38.0 Å². The number of nitrogens with zero attached hydrogens (tertiary/aromatic N) is 2. The number of aliphatic hydroxyl groups excluding tert-OH is 1. The van der Waals surface area contributed by atoms with Crippen molar-refractivity contribution in [3.05, 3.63) is 18.2 Å². The van der Waals surface area contributed by atoms with Gasteiger partial charge in [-0.2, -0.15) is 0 Å². The van der Waals surface area contributed by atoms with Crippen molar-refractivity contribution in [2.45, 2.75) is 51.2 Å². The fourth-order valence-corrected chi connectivity index (χ4v) is 2.30. The average Bonchev–Trinajstić information content (AvgIpc) is 2.70. The number of aliphatic hydroxyl groups is 1. The Hall–Kier alpha value is -0.830. The highest BCUT2D eigenvalue weighted by Crippen LogP contribution is 2.32. The minimum atomic E-state index is -0.179. The summed E-state index contributed by atoms with van der Waals surface area (Å²) in [5.74, 6) is 1.52. The lowest BCUT2D eigenvalue weighted by Crippen LogP contribution is -2.20. The zero-order chi connectivity index (χ0) is 10.1. The predicted octanol–water partition coefficient (Wildman–Crippen LogP) is 2.09. The van der Waals surface area contributed by atoms with Crippen molar-refractivity contribution >= 4 is 0 Å². The van der Waals surface area contributed by atoms with Gasteiger partial charge < -0.3 is 9.67 Å². The Bertz CT molecular complexity index is 306. The van der Waals surface area contributed by atoms with Gasteiger partial charge in [-0.25, -0.2) is 4.98 Å². The van der Waals surface area contributed by atoms with Crippen LogP contribution in [0.3, 0.4) is 0 Å². The van der Waals surface area contributed by atoms with Gasteiger partial charge in [0, 0.05) is 18.3 Å². The molecule has 2 atom stereocenters. The van der Waals surface area contributed by atoms with E-state index in [-0.39, 0.29) is 12.1 Å². The molecule has 1 unspecified atom stereocenters. The number of hydrogen-bond acceptors (Lipinski definition) is 2. The van der Waals surface area contributed by atoms with Crippen LogP contribution in [0, 0.1) is 0 Å². The molecule has 0 amide bonds. The highest BCUT2D eigenvalue weighted by molar-refractivity contribution is 5.02. The Morgan fingerprint density at radius 1 is 1.50 bits per heavy atom. The summed E-state index contributed by atoms with van der Waals surface area (Å²) in [6.45, 7) is 4.28. The van der Waals surface area contributed by atoms with Gasteiger partial charge in [-0.05, 0) is 19.3 Å². The van der Waals surface area contributed by atoms with Gasteiger partial charge in [0.15, 0.2) is 0 Å².